The molecule has 1 amide bonds. The maximum atomic E-state index is 13.1. The van der Waals surface area contributed by atoms with Gasteiger partial charge >= 0.3 is 12.1 Å². The Morgan fingerprint density at radius 2 is 1.88 bits per heavy atom. The topological polar surface area (TPSA) is 60.9 Å². The number of rotatable bonds is 5. The van der Waals surface area contributed by atoms with Gasteiger partial charge in [0.15, 0.2) is 0 Å². The molecule has 1 saturated heterocycles. The van der Waals surface area contributed by atoms with Gasteiger partial charge in [-0.25, -0.2) is 0 Å². The van der Waals surface area contributed by atoms with E-state index in [-0.39, 0.29) is 0 Å². The number of halogens is 3. The van der Waals surface area contributed by atoms with Crippen molar-refractivity contribution in [3.63, 3.8) is 0 Å². The predicted octanol–water partition coefficient (Wildman–Crippen LogP) is 2.40. The first-order chi connectivity index (χ1) is 11.7. The molecule has 8 heteroatoms. The molecule has 1 aliphatic rings. The average Bonchev–Trinajstić information content (AvgIpc) is 3.01. The van der Waals surface area contributed by atoms with Crippen LogP contribution in [0.5, 0.6) is 0 Å². The number of hydrogen-bond acceptors (Lipinski definition) is 3. The van der Waals surface area contributed by atoms with E-state index in [4.69, 9.17) is 5.11 Å². The highest BCUT2D eigenvalue weighted by Gasteiger charge is 2.54. The fraction of sp³-hybridized carbons (Fsp3) is 0.529. The monoisotopic (exact) mass is 358 g/mol. The second-order valence-corrected chi connectivity index (χ2v) is 6.22. The molecule has 0 radical (unpaired) electrons. The maximum absolute atomic E-state index is 13.1. The Labute approximate surface area is 144 Å². The van der Waals surface area contributed by atoms with Gasteiger partial charge in [0.05, 0.1) is 11.8 Å². The number of aliphatic carboxylic acids is 1. The van der Waals surface area contributed by atoms with Crippen LogP contribution in [-0.2, 0) is 9.59 Å². The molecule has 138 valence electrons. The van der Waals surface area contributed by atoms with Crippen LogP contribution in [0.1, 0.15) is 18.5 Å². The summed E-state index contributed by atoms with van der Waals surface area (Å²) in [5, 5.41) is 9.11. The zero-order valence-corrected chi connectivity index (χ0v) is 14.0. The van der Waals surface area contributed by atoms with Gasteiger partial charge < -0.3 is 10.0 Å². The van der Waals surface area contributed by atoms with Crippen molar-refractivity contribution in [1.29, 1.82) is 0 Å². The van der Waals surface area contributed by atoms with Crippen LogP contribution in [0.25, 0.3) is 0 Å². The molecule has 1 heterocycles. The van der Waals surface area contributed by atoms with E-state index in [1.807, 2.05) is 6.92 Å². The number of carbonyl (C=O) groups is 2. The highest BCUT2D eigenvalue weighted by molar-refractivity contribution is 5.84. The molecule has 2 rings (SSSR count). The van der Waals surface area contributed by atoms with Crippen LogP contribution < -0.4 is 0 Å². The van der Waals surface area contributed by atoms with E-state index in [1.165, 1.54) is 0 Å². The molecule has 1 N–H and O–H groups in total. The molecule has 0 bridgehead atoms. The third kappa shape index (κ3) is 4.12. The molecule has 25 heavy (non-hydrogen) atoms. The number of likely N-dealkylation sites (N-methyl/N-ethyl adjacent to an activating group) is 1. The van der Waals surface area contributed by atoms with Gasteiger partial charge in [0.2, 0.25) is 5.91 Å². The Morgan fingerprint density at radius 1 is 1.28 bits per heavy atom. The highest BCUT2D eigenvalue weighted by atomic mass is 19.4. The molecular formula is C17H21F3N2O3. The van der Waals surface area contributed by atoms with Gasteiger partial charge in [0.1, 0.15) is 6.04 Å². The fourth-order valence-corrected chi connectivity index (χ4v) is 3.14. The van der Waals surface area contributed by atoms with Crippen molar-refractivity contribution in [3.05, 3.63) is 35.9 Å². The van der Waals surface area contributed by atoms with Crippen molar-refractivity contribution in [2.75, 3.05) is 26.7 Å². The van der Waals surface area contributed by atoms with E-state index in [0.29, 0.717) is 12.1 Å². The minimum absolute atomic E-state index is 0.431. The third-order valence-corrected chi connectivity index (χ3v) is 4.66. The lowest BCUT2D eigenvalue weighted by Crippen LogP contribution is -2.41. The molecule has 0 aliphatic carbocycles. The van der Waals surface area contributed by atoms with Gasteiger partial charge in [-0.1, -0.05) is 37.3 Å². The Morgan fingerprint density at radius 3 is 2.32 bits per heavy atom. The quantitative estimate of drug-likeness (QED) is 0.878. The summed E-state index contributed by atoms with van der Waals surface area (Å²) in [5.74, 6) is -5.71. The first-order valence-electron chi connectivity index (χ1n) is 8.00. The fourth-order valence-electron chi connectivity index (χ4n) is 3.14. The highest BCUT2D eigenvalue weighted by Crippen LogP contribution is 2.39. The third-order valence-electron chi connectivity index (χ3n) is 4.66. The van der Waals surface area contributed by atoms with Crippen molar-refractivity contribution in [2.24, 2.45) is 11.8 Å². The summed E-state index contributed by atoms with van der Waals surface area (Å²) >= 11 is 0. The van der Waals surface area contributed by atoms with Crippen molar-refractivity contribution < 1.29 is 27.9 Å². The van der Waals surface area contributed by atoms with Gasteiger partial charge in [-0.2, -0.15) is 13.2 Å². The van der Waals surface area contributed by atoms with Crippen LogP contribution in [0.15, 0.2) is 30.3 Å². The summed E-state index contributed by atoms with van der Waals surface area (Å²) in [6.07, 6.45) is -4.66. The van der Waals surface area contributed by atoms with Gasteiger partial charge in [-0.05, 0) is 19.2 Å². The standard InChI is InChI=1S/C17H21F3N2O3/c1-3-21(2)14(11-7-5-4-6-8-11)15(23)22-9-12(16(24)25)13(10-22)17(18,19)20/h4-8,12-14H,3,9-10H2,1-2H3,(H,24,25)/t12-,13-,14?/m1/s1. The summed E-state index contributed by atoms with van der Waals surface area (Å²) in [6.45, 7) is 1.30. The van der Waals surface area contributed by atoms with Crippen LogP contribution >= 0.6 is 0 Å². The Kier molecular flexibility index (Phi) is 5.72. The molecule has 1 aromatic carbocycles. The summed E-state index contributed by atoms with van der Waals surface area (Å²) in [6, 6.07) is 8.02. The van der Waals surface area contributed by atoms with E-state index in [9.17, 15) is 22.8 Å². The van der Waals surface area contributed by atoms with Crippen LogP contribution in [0, 0.1) is 11.8 Å². The van der Waals surface area contributed by atoms with E-state index in [1.54, 1.807) is 42.3 Å². The summed E-state index contributed by atoms with van der Waals surface area (Å²) in [5.41, 5.74) is 0.666. The number of benzene rings is 1. The number of nitrogens with zero attached hydrogens (tertiary/aromatic N) is 2. The molecule has 0 saturated carbocycles. The summed E-state index contributed by atoms with van der Waals surface area (Å²) < 4.78 is 39.4. The molecule has 3 atom stereocenters. The molecule has 1 fully saturated rings. The maximum Gasteiger partial charge on any atom is 0.394 e. The zero-order valence-electron chi connectivity index (χ0n) is 14.0. The van der Waals surface area contributed by atoms with Crippen molar-refractivity contribution in [1.82, 2.24) is 9.80 Å². The zero-order chi connectivity index (χ0) is 18.8. The van der Waals surface area contributed by atoms with Crippen LogP contribution in [0.2, 0.25) is 0 Å². The van der Waals surface area contributed by atoms with E-state index in [2.05, 4.69) is 0 Å². The molecule has 1 aliphatic heterocycles. The van der Waals surface area contributed by atoms with Crippen LogP contribution in [0.4, 0.5) is 13.2 Å². The molecule has 0 aromatic heterocycles. The van der Waals surface area contributed by atoms with Crippen molar-refractivity contribution >= 4 is 11.9 Å². The number of amides is 1. The van der Waals surface area contributed by atoms with E-state index in [0.717, 1.165) is 4.90 Å². The lowest BCUT2D eigenvalue weighted by atomic mass is 9.96. The van der Waals surface area contributed by atoms with Gasteiger partial charge in [-0.3, -0.25) is 14.5 Å². The lowest BCUT2D eigenvalue weighted by Gasteiger charge is -2.30. The van der Waals surface area contributed by atoms with Crippen molar-refractivity contribution in [3.8, 4) is 0 Å². The van der Waals surface area contributed by atoms with Crippen molar-refractivity contribution in [2.45, 2.75) is 19.1 Å². The number of carboxylic acids is 1. The Balaban J connectivity index is 2.29. The molecule has 1 unspecified atom stereocenters. The number of alkyl halides is 3. The number of likely N-dealkylation sites (tertiary alicyclic amines) is 1. The van der Waals surface area contributed by atoms with Gasteiger partial charge in [-0.15, -0.1) is 0 Å². The SMILES string of the molecule is CCN(C)C(C(=O)N1C[C@@H](C(F)(F)F)[C@H](C(=O)O)C1)c1ccccc1. The lowest BCUT2D eigenvalue weighted by molar-refractivity contribution is -0.188. The summed E-state index contributed by atoms with van der Waals surface area (Å²) in [4.78, 5) is 26.9. The minimum Gasteiger partial charge on any atom is -0.481 e. The second kappa shape index (κ2) is 7.43. The number of carboxylic acid groups (broad SMARTS) is 1. The average molecular weight is 358 g/mol. The van der Waals surface area contributed by atoms with Gasteiger partial charge in [0, 0.05) is 13.1 Å². The second-order valence-electron chi connectivity index (χ2n) is 6.22. The van der Waals surface area contributed by atoms with Gasteiger partial charge in [0.25, 0.3) is 0 Å². The normalized spacial score (nSPS) is 22.2. The number of carbonyl (C=O) groups excluding carboxylic acids is 1. The van der Waals surface area contributed by atoms with E-state index >= 15 is 0 Å². The first-order valence-corrected chi connectivity index (χ1v) is 8.00. The molecule has 1 aromatic rings. The van der Waals surface area contributed by atoms with Crippen LogP contribution in [-0.4, -0.2) is 59.6 Å². The smallest absolute Gasteiger partial charge is 0.394 e. The Hall–Kier alpha value is -2.09. The van der Waals surface area contributed by atoms with E-state index < -0.39 is 49.0 Å². The largest absolute Gasteiger partial charge is 0.481 e. The molecular weight excluding hydrogens is 337 g/mol. The predicted molar refractivity (Wildman–Crippen MR) is 84.7 cm³/mol. The number of hydrogen-bond donors (Lipinski definition) is 1. The van der Waals surface area contributed by atoms with Crippen LogP contribution in [0.3, 0.4) is 0 Å². The Bertz CT molecular complexity index is 621. The molecule has 0 spiro atoms. The molecule has 5 nitrogen and oxygen atoms in total. The summed E-state index contributed by atoms with van der Waals surface area (Å²) in [7, 11) is 1.71. The first kappa shape index (κ1) is 19.2. The minimum atomic E-state index is -4.66.